The van der Waals surface area contributed by atoms with Crippen molar-refractivity contribution in [3.63, 3.8) is 0 Å². The lowest BCUT2D eigenvalue weighted by Gasteiger charge is -2.17. The summed E-state index contributed by atoms with van der Waals surface area (Å²) >= 11 is 0. The molecule has 0 radical (unpaired) electrons. The van der Waals surface area contributed by atoms with E-state index in [-0.39, 0.29) is 24.7 Å². The second-order valence-corrected chi connectivity index (χ2v) is 3.83. The lowest BCUT2D eigenvalue weighted by Crippen LogP contribution is -2.29. The highest BCUT2D eigenvalue weighted by Gasteiger charge is 2.32. The number of benzene rings is 1. The highest BCUT2D eigenvalue weighted by atomic mass is 16.5. The largest absolute Gasteiger partial charge is 0.495 e. The number of imide groups is 1. The van der Waals surface area contributed by atoms with Crippen molar-refractivity contribution in [2.24, 2.45) is 5.73 Å². The lowest BCUT2D eigenvalue weighted by atomic mass is 10.1. The number of anilines is 1. The molecule has 1 aliphatic rings. The fourth-order valence-electron chi connectivity index (χ4n) is 1.88. The highest BCUT2D eigenvalue weighted by molar-refractivity contribution is 6.20. The minimum Gasteiger partial charge on any atom is -0.495 e. The molecular weight excluding hydrogens is 220 g/mol. The number of hydrogen-bond acceptors (Lipinski definition) is 4. The Morgan fingerprint density at radius 1 is 1.29 bits per heavy atom. The van der Waals surface area contributed by atoms with Crippen molar-refractivity contribution >= 4 is 17.5 Å². The predicted molar refractivity (Wildman–Crippen MR) is 62.6 cm³/mol. The molecule has 90 valence electrons. The summed E-state index contributed by atoms with van der Waals surface area (Å²) in [4.78, 5) is 24.4. The second kappa shape index (κ2) is 4.55. The maximum Gasteiger partial charge on any atom is 0.234 e. The van der Waals surface area contributed by atoms with E-state index < -0.39 is 0 Å². The summed E-state index contributed by atoms with van der Waals surface area (Å²) in [5.74, 6) is 0.124. The first-order valence-corrected chi connectivity index (χ1v) is 5.40. The molecule has 0 saturated carbocycles. The van der Waals surface area contributed by atoms with Crippen molar-refractivity contribution in [2.75, 3.05) is 12.0 Å². The van der Waals surface area contributed by atoms with E-state index in [4.69, 9.17) is 10.5 Å². The van der Waals surface area contributed by atoms with E-state index in [0.717, 1.165) is 5.56 Å². The van der Waals surface area contributed by atoms with Gasteiger partial charge in [-0.25, -0.2) is 4.90 Å². The number of ether oxygens (including phenoxy) is 1. The molecule has 0 aliphatic carbocycles. The van der Waals surface area contributed by atoms with E-state index in [1.165, 1.54) is 12.0 Å². The van der Waals surface area contributed by atoms with Crippen LogP contribution in [0.2, 0.25) is 0 Å². The predicted octanol–water partition coefficient (Wildman–Crippen LogP) is 0.807. The van der Waals surface area contributed by atoms with Crippen molar-refractivity contribution in [3.05, 3.63) is 23.8 Å². The van der Waals surface area contributed by atoms with Gasteiger partial charge in [-0.3, -0.25) is 9.59 Å². The molecule has 1 heterocycles. The number of carbonyl (C=O) groups is 2. The van der Waals surface area contributed by atoms with E-state index in [1.54, 1.807) is 18.2 Å². The van der Waals surface area contributed by atoms with Crippen molar-refractivity contribution in [3.8, 4) is 5.75 Å². The summed E-state index contributed by atoms with van der Waals surface area (Å²) in [7, 11) is 1.50. The van der Waals surface area contributed by atoms with E-state index in [1.807, 2.05) is 0 Å². The minimum atomic E-state index is -0.186. The first kappa shape index (κ1) is 11.6. The molecule has 1 aliphatic heterocycles. The van der Waals surface area contributed by atoms with Crippen LogP contribution in [0.1, 0.15) is 18.4 Å². The van der Waals surface area contributed by atoms with Crippen LogP contribution in [0.5, 0.6) is 5.75 Å². The van der Waals surface area contributed by atoms with Crippen LogP contribution in [0.15, 0.2) is 18.2 Å². The van der Waals surface area contributed by atoms with E-state index in [0.29, 0.717) is 18.0 Å². The van der Waals surface area contributed by atoms with Crippen LogP contribution in [0.3, 0.4) is 0 Å². The van der Waals surface area contributed by atoms with Gasteiger partial charge in [0, 0.05) is 19.4 Å². The third-order valence-corrected chi connectivity index (χ3v) is 2.77. The average molecular weight is 234 g/mol. The Kier molecular flexibility index (Phi) is 3.10. The quantitative estimate of drug-likeness (QED) is 0.785. The Hall–Kier alpha value is -1.88. The standard InChI is InChI=1S/C12H14N2O3/c1-17-10-6-8(7-13)2-3-9(10)14-11(15)4-5-12(14)16/h2-3,6H,4-5,7,13H2,1H3. The number of nitrogens with zero attached hydrogens (tertiary/aromatic N) is 1. The molecule has 0 unspecified atom stereocenters. The molecule has 0 atom stereocenters. The Morgan fingerprint density at radius 2 is 1.94 bits per heavy atom. The molecule has 2 rings (SSSR count). The van der Waals surface area contributed by atoms with Gasteiger partial charge in [0.25, 0.3) is 0 Å². The Bertz CT molecular complexity index is 455. The fourth-order valence-corrected chi connectivity index (χ4v) is 1.88. The summed E-state index contributed by atoms with van der Waals surface area (Å²) in [6.07, 6.45) is 0.529. The number of methoxy groups -OCH3 is 1. The summed E-state index contributed by atoms with van der Waals surface area (Å²) in [6.45, 7) is 0.387. The first-order valence-electron chi connectivity index (χ1n) is 5.40. The summed E-state index contributed by atoms with van der Waals surface area (Å²) in [6, 6.07) is 5.23. The fraction of sp³-hybridized carbons (Fsp3) is 0.333. The molecule has 2 amide bonds. The molecule has 2 N–H and O–H groups in total. The SMILES string of the molecule is COc1cc(CN)ccc1N1C(=O)CCC1=O. The Balaban J connectivity index is 2.44. The maximum atomic E-state index is 11.6. The molecule has 0 spiro atoms. The molecule has 5 heteroatoms. The van der Waals surface area contributed by atoms with Crippen molar-refractivity contribution < 1.29 is 14.3 Å². The van der Waals surface area contributed by atoms with Crippen LogP contribution in [-0.4, -0.2) is 18.9 Å². The highest BCUT2D eigenvalue weighted by Crippen LogP contribution is 2.32. The molecule has 1 aromatic carbocycles. The number of amides is 2. The van der Waals surface area contributed by atoms with Gasteiger partial charge in [0.1, 0.15) is 5.75 Å². The number of nitrogens with two attached hydrogens (primary N) is 1. The Morgan fingerprint density at radius 3 is 2.47 bits per heavy atom. The molecule has 5 nitrogen and oxygen atoms in total. The number of rotatable bonds is 3. The van der Waals surface area contributed by atoms with Gasteiger partial charge in [0.2, 0.25) is 11.8 Å². The zero-order chi connectivity index (χ0) is 12.4. The molecule has 1 saturated heterocycles. The maximum absolute atomic E-state index is 11.6. The molecule has 0 bridgehead atoms. The smallest absolute Gasteiger partial charge is 0.234 e. The number of carbonyl (C=O) groups excluding carboxylic acids is 2. The van der Waals surface area contributed by atoms with Gasteiger partial charge in [0.05, 0.1) is 12.8 Å². The average Bonchev–Trinajstić information content (AvgIpc) is 2.68. The summed E-state index contributed by atoms with van der Waals surface area (Å²) in [5, 5.41) is 0. The van der Waals surface area contributed by atoms with Crippen LogP contribution in [0, 0.1) is 0 Å². The van der Waals surface area contributed by atoms with E-state index in [2.05, 4.69) is 0 Å². The molecule has 1 aromatic rings. The van der Waals surface area contributed by atoms with Crippen LogP contribution >= 0.6 is 0 Å². The molecule has 0 aromatic heterocycles. The molecular formula is C12H14N2O3. The lowest BCUT2D eigenvalue weighted by molar-refractivity contribution is -0.121. The van der Waals surface area contributed by atoms with E-state index in [9.17, 15) is 9.59 Å². The van der Waals surface area contributed by atoms with Gasteiger partial charge < -0.3 is 10.5 Å². The van der Waals surface area contributed by atoms with Gasteiger partial charge >= 0.3 is 0 Å². The van der Waals surface area contributed by atoms with Gasteiger partial charge in [-0.1, -0.05) is 6.07 Å². The normalized spacial score (nSPS) is 15.5. The number of hydrogen-bond donors (Lipinski definition) is 1. The second-order valence-electron chi connectivity index (χ2n) is 3.83. The van der Waals surface area contributed by atoms with Crippen molar-refractivity contribution in [1.29, 1.82) is 0 Å². The first-order chi connectivity index (χ1) is 8.17. The zero-order valence-corrected chi connectivity index (χ0v) is 9.60. The minimum absolute atomic E-state index is 0.186. The van der Waals surface area contributed by atoms with Gasteiger partial charge in [-0.05, 0) is 17.7 Å². The van der Waals surface area contributed by atoms with Crippen LogP contribution in [0.4, 0.5) is 5.69 Å². The van der Waals surface area contributed by atoms with Crippen LogP contribution in [0.25, 0.3) is 0 Å². The third kappa shape index (κ3) is 2.01. The summed E-state index contributed by atoms with van der Waals surface area (Å²) in [5.41, 5.74) is 6.92. The van der Waals surface area contributed by atoms with Crippen molar-refractivity contribution in [1.82, 2.24) is 0 Å². The molecule has 1 fully saturated rings. The van der Waals surface area contributed by atoms with Gasteiger partial charge in [0.15, 0.2) is 0 Å². The third-order valence-electron chi connectivity index (χ3n) is 2.77. The van der Waals surface area contributed by atoms with E-state index >= 15 is 0 Å². The van der Waals surface area contributed by atoms with Gasteiger partial charge in [-0.2, -0.15) is 0 Å². The van der Waals surface area contributed by atoms with Crippen LogP contribution in [-0.2, 0) is 16.1 Å². The summed E-state index contributed by atoms with van der Waals surface area (Å²) < 4.78 is 5.20. The van der Waals surface area contributed by atoms with Gasteiger partial charge in [-0.15, -0.1) is 0 Å². The topological polar surface area (TPSA) is 72.6 Å². The van der Waals surface area contributed by atoms with Crippen LogP contribution < -0.4 is 15.4 Å². The molecule has 17 heavy (non-hydrogen) atoms. The Labute approximate surface area is 99.2 Å². The zero-order valence-electron chi connectivity index (χ0n) is 9.60. The monoisotopic (exact) mass is 234 g/mol. The van der Waals surface area contributed by atoms with Crippen molar-refractivity contribution in [2.45, 2.75) is 19.4 Å².